The zero-order valence-electron chi connectivity index (χ0n) is 22.9. The molecular formula is C31H29F6NO2. The van der Waals surface area contributed by atoms with E-state index in [0.29, 0.717) is 33.6 Å². The molecule has 2 aromatic rings. The fraction of sp³-hybridized carbons (Fsp3) is 0.323. The second-order valence-electron chi connectivity index (χ2n) is 11.3. The summed E-state index contributed by atoms with van der Waals surface area (Å²) in [6.45, 7) is 12.5. The van der Waals surface area contributed by atoms with Crippen molar-refractivity contribution in [2.24, 2.45) is 0 Å². The number of benzene rings is 2. The van der Waals surface area contributed by atoms with Crippen molar-refractivity contribution in [2.45, 2.75) is 57.8 Å². The van der Waals surface area contributed by atoms with Gasteiger partial charge in [0.05, 0.1) is 22.3 Å². The summed E-state index contributed by atoms with van der Waals surface area (Å²) in [4.78, 5) is 14.8. The van der Waals surface area contributed by atoms with Crippen molar-refractivity contribution in [3.8, 4) is 0 Å². The highest BCUT2D eigenvalue weighted by molar-refractivity contribution is 6.21. The van der Waals surface area contributed by atoms with Crippen molar-refractivity contribution in [1.29, 1.82) is 0 Å². The molecule has 0 radical (unpaired) electrons. The number of aliphatic hydroxyl groups excluding tert-OH is 1. The molecule has 0 saturated heterocycles. The number of hydrogen-bond acceptors (Lipinski definition) is 3. The van der Waals surface area contributed by atoms with Crippen LogP contribution in [0, 0.1) is 6.92 Å². The number of hydrogen-bond donors (Lipinski definition) is 1. The number of nitrogens with zero attached hydrogens (tertiary/aromatic N) is 1. The van der Waals surface area contributed by atoms with Gasteiger partial charge in [0.25, 0.3) is 0 Å². The van der Waals surface area contributed by atoms with Gasteiger partial charge in [-0.3, -0.25) is 4.79 Å². The van der Waals surface area contributed by atoms with Crippen molar-refractivity contribution in [1.82, 2.24) is 0 Å². The van der Waals surface area contributed by atoms with Crippen LogP contribution in [0.25, 0.3) is 0 Å². The van der Waals surface area contributed by atoms with Crippen molar-refractivity contribution >= 4 is 11.5 Å². The second-order valence-corrected chi connectivity index (χ2v) is 11.3. The Morgan fingerprint density at radius 1 is 0.975 bits per heavy atom. The number of rotatable bonds is 4. The van der Waals surface area contributed by atoms with Gasteiger partial charge in [0, 0.05) is 29.3 Å². The van der Waals surface area contributed by atoms with Gasteiger partial charge in [-0.2, -0.15) is 26.3 Å². The third kappa shape index (κ3) is 4.65. The zero-order chi connectivity index (χ0) is 30.2. The Hall–Kier alpha value is -3.75. The molecule has 1 aliphatic carbocycles. The maximum absolute atomic E-state index is 13.3. The Morgan fingerprint density at radius 2 is 1.52 bits per heavy atom. The lowest BCUT2D eigenvalue weighted by Crippen LogP contribution is -2.28. The number of alkyl halides is 6. The minimum absolute atomic E-state index is 0.00844. The van der Waals surface area contributed by atoms with E-state index < -0.39 is 40.1 Å². The first kappa shape index (κ1) is 29.2. The van der Waals surface area contributed by atoms with Gasteiger partial charge < -0.3 is 10.0 Å². The van der Waals surface area contributed by atoms with Crippen molar-refractivity contribution < 1.29 is 36.2 Å². The summed E-state index contributed by atoms with van der Waals surface area (Å²) < 4.78 is 80.0. The summed E-state index contributed by atoms with van der Waals surface area (Å²) >= 11 is 0. The molecule has 1 heterocycles. The van der Waals surface area contributed by atoms with E-state index in [1.165, 1.54) is 24.3 Å². The number of fused-ring (bicyclic) bond motifs is 1. The molecule has 0 spiro atoms. The number of likely N-dealkylation sites (N-methyl/N-ethyl adjacent to an activating group) is 1. The predicted molar refractivity (Wildman–Crippen MR) is 142 cm³/mol. The molecule has 0 unspecified atom stereocenters. The summed E-state index contributed by atoms with van der Waals surface area (Å²) in [5, 5.41) is 10.8. The molecule has 2 aromatic carbocycles. The largest absolute Gasteiger partial charge is 0.506 e. The Morgan fingerprint density at radius 3 is 2.08 bits per heavy atom. The fourth-order valence-corrected chi connectivity index (χ4v) is 5.32. The SMILES string of the molecule is C=C(/C=C1/C(=O)C(/C=C2\N(C)c3ccc(C(F)(F)F)cc3C2(C)C)=C1O)C(C)(C)c1cc(C(F)(F)F)ccc1C. The molecule has 4 rings (SSSR count). The monoisotopic (exact) mass is 561 g/mol. The molecule has 0 atom stereocenters. The molecule has 212 valence electrons. The molecule has 0 bridgehead atoms. The lowest BCUT2D eigenvalue weighted by Gasteiger charge is -2.31. The van der Waals surface area contributed by atoms with Crippen LogP contribution in [0.1, 0.15) is 55.5 Å². The maximum atomic E-state index is 13.3. The van der Waals surface area contributed by atoms with Crippen LogP contribution in [0.5, 0.6) is 0 Å². The highest BCUT2D eigenvalue weighted by Gasteiger charge is 2.43. The highest BCUT2D eigenvalue weighted by Crippen LogP contribution is 2.50. The minimum Gasteiger partial charge on any atom is -0.506 e. The number of carbonyl (C=O) groups is 1. The first-order valence-electron chi connectivity index (χ1n) is 12.4. The van der Waals surface area contributed by atoms with E-state index in [-0.39, 0.29) is 16.9 Å². The lowest BCUT2D eigenvalue weighted by atomic mass is 9.73. The second kappa shape index (κ2) is 9.14. The molecule has 1 aliphatic heterocycles. The Kier molecular flexibility index (Phi) is 6.68. The third-order valence-corrected chi connectivity index (χ3v) is 8.00. The number of Topliss-reactive ketones (excluding diaryl/α,β-unsaturated/α-hetero) is 1. The van der Waals surface area contributed by atoms with Crippen molar-refractivity contribution in [3.05, 3.63) is 111 Å². The van der Waals surface area contributed by atoms with Crippen LogP contribution in [-0.4, -0.2) is 17.9 Å². The zero-order valence-corrected chi connectivity index (χ0v) is 22.9. The van der Waals surface area contributed by atoms with Crippen LogP contribution in [0.3, 0.4) is 0 Å². The molecule has 0 fully saturated rings. The van der Waals surface area contributed by atoms with Crippen LogP contribution >= 0.6 is 0 Å². The first-order chi connectivity index (χ1) is 18.2. The lowest BCUT2D eigenvalue weighted by molar-refractivity contribution is -0.138. The smallest absolute Gasteiger partial charge is 0.416 e. The number of halogens is 6. The summed E-state index contributed by atoms with van der Waals surface area (Å²) in [5.74, 6) is -0.815. The van der Waals surface area contributed by atoms with Crippen LogP contribution in [0.4, 0.5) is 32.0 Å². The molecule has 2 aliphatic rings. The van der Waals surface area contributed by atoms with E-state index in [1.807, 2.05) is 0 Å². The normalized spacial score (nSPS) is 19.4. The standard InChI is InChI=1S/C31H29F6NO2/c1-16-8-9-18(30(32,33)34)13-22(16)28(3,4)17(2)12-20-26(39)21(27(20)40)15-25-29(5,6)23-14-19(31(35,36)37)10-11-24(23)38(25)7/h8-15,39H,2H2,1,3-7H3/b20-12+,25-15-. The molecule has 40 heavy (non-hydrogen) atoms. The van der Waals surface area contributed by atoms with Crippen molar-refractivity contribution in [3.63, 3.8) is 0 Å². The summed E-state index contributed by atoms with van der Waals surface area (Å²) in [6.07, 6.45) is -6.20. The number of ketones is 1. The van der Waals surface area contributed by atoms with Gasteiger partial charge in [-0.05, 0) is 71.7 Å². The van der Waals surface area contributed by atoms with Gasteiger partial charge in [-0.15, -0.1) is 0 Å². The van der Waals surface area contributed by atoms with E-state index in [1.54, 1.807) is 46.6 Å². The summed E-state index contributed by atoms with van der Waals surface area (Å²) in [7, 11) is 1.67. The fourth-order valence-electron chi connectivity index (χ4n) is 5.32. The Balaban J connectivity index is 1.68. The molecule has 0 aromatic heterocycles. The van der Waals surface area contributed by atoms with Crippen LogP contribution in [0.15, 0.2) is 83.3 Å². The molecule has 1 N–H and O–H groups in total. The first-order valence-corrected chi connectivity index (χ1v) is 12.4. The van der Waals surface area contributed by atoms with E-state index in [0.717, 1.165) is 24.3 Å². The van der Waals surface area contributed by atoms with Gasteiger partial charge in [0.2, 0.25) is 5.78 Å². The Bertz CT molecular complexity index is 1530. The summed E-state index contributed by atoms with van der Waals surface area (Å²) in [5.41, 5.74) is -0.697. The topological polar surface area (TPSA) is 40.5 Å². The minimum atomic E-state index is -4.53. The average Bonchev–Trinajstić information content (AvgIpc) is 3.03. The Labute approximate surface area is 228 Å². The van der Waals surface area contributed by atoms with E-state index in [4.69, 9.17) is 0 Å². The number of allylic oxidation sites excluding steroid dienone is 6. The quantitative estimate of drug-likeness (QED) is 0.301. The number of carbonyl (C=O) groups excluding carboxylic acids is 1. The molecule has 0 amide bonds. The van der Waals surface area contributed by atoms with Gasteiger partial charge in [-0.25, -0.2) is 0 Å². The molecule has 3 nitrogen and oxygen atoms in total. The van der Waals surface area contributed by atoms with Crippen LogP contribution < -0.4 is 4.90 Å². The van der Waals surface area contributed by atoms with E-state index in [2.05, 4.69) is 6.58 Å². The molecular weight excluding hydrogens is 532 g/mol. The number of aliphatic hydroxyl groups is 1. The van der Waals surface area contributed by atoms with E-state index in [9.17, 15) is 36.2 Å². The van der Waals surface area contributed by atoms with Gasteiger partial charge in [0.1, 0.15) is 5.76 Å². The summed E-state index contributed by atoms with van der Waals surface area (Å²) in [6, 6.07) is 6.92. The van der Waals surface area contributed by atoms with Gasteiger partial charge in [-0.1, -0.05) is 40.3 Å². The predicted octanol–water partition coefficient (Wildman–Crippen LogP) is 8.50. The van der Waals surface area contributed by atoms with E-state index >= 15 is 0 Å². The average molecular weight is 562 g/mol. The molecule has 0 saturated carbocycles. The molecule has 9 heteroatoms. The highest BCUT2D eigenvalue weighted by atomic mass is 19.4. The van der Waals surface area contributed by atoms with Gasteiger partial charge >= 0.3 is 12.4 Å². The number of aryl methyl sites for hydroxylation is 1. The van der Waals surface area contributed by atoms with Crippen LogP contribution in [0.2, 0.25) is 0 Å². The third-order valence-electron chi connectivity index (χ3n) is 8.00. The van der Waals surface area contributed by atoms with Crippen LogP contribution in [-0.2, 0) is 28.0 Å². The van der Waals surface area contributed by atoms with Crippen molar-refractivity contribution in [2.75, 3.05) is 11.9 Å². The maximum Gasteiger partial charge on any atom is 0.416 e. The van der Waals surface area contributed by atoms with Gasteiger partial charge in [0.15, 0.2) is 0 Å². The number of anilines is 1.